The van der Waals surface area contributed by atoms with E-state index in [1.54, 1.807) is 6.33 Å². The van der Waals surface area contributed by atoms with Crippen molar-refractivity contribution in [2.45, 2.75) is 20.5 Å². The van der Waals surface area contributed by atoms with Crippen LogP contribution in [0.3, 0.4) is 0 Å². The van der Waals surface area contributed by atoms with Gasteiger partial charge in [-0.25, -0.2) is 4.98 Å². The Labute approximate surface area is 89.0 Å². The van der Waals surface area contributed by atoms with Crippen LogP contribution in [0.5, 0.6) is 0 Å². The van der Waals surface area contributed by atoms with Gasteiger partial charge in [0.2, 0.25) is 0 Å². The number of nitrogens with zero attached hydrogens (tertiary/aromatic N) is 2. The van der Waals surface area contributed by atoms with Gasteiger partial charge in [0, 0.05) is 11.9 Å². The van der Waals surface area contributed by atoms with Crippen molar-refractivity contribution in [3.05, 3.63) is 47.5 Å². The Morgan fingerprint density at radius 2 is 2.07 bits per heavy atom. The highest BCUT2D eigenvalue weighted by Crippen LogP contribution is 2.14. The van der Waals surface area contributed by atoms with Crippen LogP contribution in [-0.2, 0) is 6.61 Å². The van der Waals surface area contributed by atoms with Crippen molar-refractivity contribution in [3.63, 3.8) is 0 Å². The molecular weight excluding hydrogens is 188 g/mol. The second kappa shape index (κ2) is 3.87. The van der Waals surface area contributed by atoms with Crippen molar-refractivity contribution in [2.75, 3.05) is 0 Å². The summed E-state index contributed by atoms with van der Waals surface area (Å²) in [5, 5.41) is 8.92. The Hall–Kier alpha value is -1.61. The monoisotopic (exact) mass is 202 g/mol. The van der Waals surface area contributed by atoms with E-state index in [0.29, 0.717) is 5.69 Å². The number of aromatic nitrogens is 2. The zero-order valence-corrected chi connectivity index (χ0v) is 8.94. The molecule has 3 heteroatoms. The molecule has 1 N–H and O–H groups in total. The summed E-state index contributed by atoms with van der Waals surface area (Å²) in [7, 11) is 0. The molecule has 78 valence electrons. The fourth-order valence-electron chi connectivity index (χ4n) is 1.47. The largest absolute Gasteiger partial charge is 0.390 e. The van der Waals surface area contributed by atoms with Crippen LogP contribution in [0.1, 0.15) is 16.8 Å². The van der Waals surface area contributed by atoms with Crippen LogP contribution >= 0.6 is 0 Å². The molecule has 0 amide bonds. The van der Waals surface area contributed by atoms with Gasteiger partial charge in [-0.15, -0.1) is 0 Å². The van der Waals surface area contributed by atoms with Gasteiger partial charge in [-0.05, 0) is 37.1 Å². The van der Waals surface area contributed by atoms with E-state index in [9.17, 15) is 0 Å². The number of rotatable bonds is 2. The standard InChI is InChI=1S/C12H14N2O/c1-9-3-4-12(5-10(9)2)14-6-11(7-15)13-8-14/h3-6,8,15H,7H2,1-2H3. The average Bonchev–Trinajstić information content (AvgIpc) is 2.70. The minimum absolute atomic E-state index is 0.0160. The molecule has 2 rings (SSSR count). The van der Waals surface area contributed by atoms with Crippen molar-refractivity contribution < 1.29 is 5.11 Å². The fraction of sp³-hybridized carbons (Fsp3) is 0.250. The van der Waals surface area contributed by atoms with Crippen molar-refractivity contribution in [1.29, 1.82) is 0 Å². The molecule has 0 atom stereocenters. The highest BCUT2D eigenvalue weighted by atomic mass is 16.3. The Balaban J connectivity index is 2.40. The number of benzene rings is 1. The van der Waals surface area contributed by atoms with Gasteiger partial charge in [-0.1, -0.05) is 6.07 Å². The van der Waals surface area contributed by atoms with E-state index >= 15 is 0 Å². The Kier molecular flexibility index (Phi) is 2.56. The lowest BCUT2D eigenvalue weighted by Crippen LogP contribution is -1.92. The summed E-state index contributed by atoms with van der Waals surface area (Å²) in [5.41, 5.74) is 4.30. The van der Waals surface area contributed by atoms with Gasteiger partial charge in [-0.2, -0.15) is 0 Å². The average molecular weight is 202 g/mol. The summed E-state index contributed by atoms with van der Waals surface area (Å²) in [6, 6.07) is 6.24. The van der Waals surface area contributed by atoms with Crippen LogP contribution < -0.4 is 0 Å². The Morgan fingerprint density at radius 1 is 1.27 bits per heavy atom. The summed E-state index contributed by atoms with van der Waals surface area (Å²) in [6.07, 6.45) is 3.56. The number of aryl methyl sites for hydroxylation is 2. The summed E-state index contributed by atoms with van der Waals surface area (Å²) < 4.78 is 1.91. The van der Waals surface area contributed by atoms with E-state index in [4.69, 9.17) is 5.11 Å². The quantitative estimate of drug-likeness (QED) is 0.808. The van der Waals surface area contributed by atoms with E-state index in [1.165, 1.54) is 11.1 Å². The van der Waals surface area contributed by atoms with Crippen LogP contribution in [0.25, 0.3) is 5.69 Å². The maximum Gasteiger partial charge on any atom is 0.0996 e. The molecule has 15 heavy (non-hydrogen) atoms. The normalized spacial score (nSPS) is 10.6. The molecule has 2 aromatic rings. The van der Waals surface area contributed by atoms with Crippen LogP contribution in [0.15, 0.2) is 30.7 Å². The predicted octanol–water partition coefficient (Wildman–Crippen LogP) is 1.98. The van der Waals surface area contributed by atoms with Crippen LogP contribution in [0.4, 0.5) is 0 Å². The number of imidazole rings is 1. The molecule has 0 saturated heterocycles. The first kappa shape index (κ1) is 9.93. The van der Waals surface area contributed by atoms with Crippen LogP contribution in [0, 0.1) is 13.8 Å². The van der Waals surface area contributed by atoms with E-state index in [-0.39, 0.29) is 6.61 Å². The second-order valence-corrected chi connectivity index (χ2v) is 3.70. The third-order valence-corrected chi connectivity index (χ3v) is 2.59. The minimum Gasteiger partial charge on any atom is -0.390 e. The highest BCUT2D eigenvalue weighted by molar-refractivity contribution is 5.39. The number of hydrogen-bond donors (Lipinski definition) is 1. The third kappa shape index (κ3) is 1.92. The SMILES string of the molecule is Cc1ccc(-n2cnc(CO)c2)cc1C. The Bertz CT molecular complexity index is 474. The maximum absolute atomic E-state index is 8.92. The molecule has 0 spiro atoms. The second-order valence-electron chi connectivity index (χ2n) is 3.70. The summed E-state index contributed by atoms with van der Waals surface area (Å²) >= 11 is 0. The molecule has 0 aliphatic carbocycles. The van der Waals surface area contributed by atoms with E-state index < -0.39 is 0 Å². The first-order valence-electron chi connectivity index (χ1n) is 4.92. The van der Waals surface area contributed by atoms with Gasteiger partial charge >= 0.3 is 0 Å². The maximum atomic E-state index is 8.92. The molecule has 1 aromatic carbocycles. The lowest BCUT2D eigenvalue weighted by molar-refractivity contribution is 0.277. The summed E-state index contributed by atoms with van der Waals surface area (Å²) in [6.45, 7) is 4.16. The lowest BCUT2D eigenvalue weighted by Gasteiger charge is -2.05. The first-order chi connectivity index (χ1) is 7.20. The minimum atomic E-state index is -0.0160. The smallest absolute Gasteiger partial charge is 0.0996 e. The number of hydrogen-bond acceptors (Lipinski definition) is 2. The van der Waals surface area contributed by atoms with Crippen molar-refractivity contribution in [1.82, 2.24) is 9.55 Å². The first-order valence-corrected chi connectivity index (χ1v) is 4.92. The van der Waals surface area contributed by atoms with Crippen molar-refractivity contribution >= 4 is 0 Å². The van der Waals surface area contributed by atoms with Gasteiger partial charge in [-0.3, -0.25) is 0 Å². The molecular formula is C12H14N2O. The fourth-order valence-corrected chi connectivity index (χ4v) is 1.47. The van der Waals surface area contributed by atoms with Crippen LogP contribution in [0.2, 0.25) is 0 Å². The topological polar surface area (TPSA) is 38.0 Å². The number of aliphatic hydroxyl groups is 1. The van der Waals surface area contributed by atoms with Gasteiger partial charge in [0.25, 0.3) is 0 Å². The van der Waals surface area contributed by atoms with E-state index in [2.05, 4.69) is 31.0 Å². The molecule has 0 fully saturated rings. The zero-order valence-electron chi connectivity index (χ0n) is 8.94. The van der Waals surface area contributed by atoms with E-state index in [0.717, 1.165) is 5.69 Å². The van der Waals surface area contributed by atoms with Gasteiger partial charge in [0.1, 0.15) is 0 Å². The Morgan fingerprint density at radius 3 is 2.67 bits per heavy atom. The molecule has 0 aliphatic heterocycles. The molecule has 3 nitrogen and oxygen atoms in total. The molecule has 1 aromatic heterocycles. The summed E-state index contributed by atoms with van der Waals surface area (Å²) in [5.74, 6) is 0. The third-order valence-electron chi connectivity index (χ3n) is 2.59. The van der Waals surface area contributed by atoms with Gasteiger partial charge in [0.15, 0.2) is 0 Å². The van der Waals surface area contributed by atoms with Gasteiger partial charge in [0.05, 0.1) is 18.6 Å². The van der Waals surface area contributed by atoms with Crippen molar-refractivity contribution in [2.24, 2.45) is 0 Å². The number of aliphatic hydroxyl groups excluding tert-OH is 1. The molecule has 0 radical (unpaired) electrons. The van der Waals surface area contributed by atoms with Gasteiger partial charge < -0.3 is 9.67 Å². The molecule has 0 aliphatic rings. The highest BCUT2D eigenvalue weighted by Gasteiger charge is 2.00. The van der Waals surface area contributed by atoms with Crippen LogP contribution in [-0.4, -0.2) is 14.7 Å². The molecule has 0 unspecified atom stereocenters. The zero-order chi connectivity index (χ0) is 10.8. The molecule has 1 heterocycles. The lowest BCUT2D eigenvalue weighted by atomic mass is 10.1. The summed E-state index contributed by atoms with van der Waals surface area (Å²) in [4.78, 5) is 4.08. The predicted molar refractivity (Wildman–Crippen MR) is 59.0 cm³/mol. The van der Waals surface area contributed by atoms with E-state index in [1.807, 2.05) is 16.8 Å². The molecule has 0 saturated carbocycles. The molecule has 0 bridgehead atoms. The van der Waals surface area contributed by atoms with Crippen molar-refractivity contribution in [3.8, 4) is 5.69 Å².